The van der Waals surface area contributed by atoms with E-state index in [9.17, 15) is 18.0 Å². The van der Waals surface area contributed by atoms with E-state index in [2.05, 4.69) is 4.40 Å². The number of isocyanates is 1. The molecule has 0 saturated carbocycles. The fourth-order valence-corrected chi connectivity index (χ4v) is 3.39. The molecule has 0 aliphatic heterocycles. The number of methoxy groups -OCH3 is 1. The zero-order valence-corrected chi connectivity index (χ0v) is 11.1. The van der Waals surface area contributed by atoms with Gasteiger partial charge in [-0.3, -0.25) is 0 Å². The van der Waals surface area contributed by atoms with Gasteiger partial charge in [0, 0.05) is 5.38 Å². The Morgan fingerprint density at radius 1 is 1.56 bits per heavy atom. The molecular formula is C9H9NO6S2. The van der Waals surface area contributed by atoms with E-state index in [4.69, 9.17) is 9.47 Å². The maximum absolute atomic E-state index is 11.7. The third kappa shape index (κ3) is 2.76. The van der Waals surface area contributed by atoms with Crippen LogP contribution in [0.3, 0.4) is 0 Å². The summed E-state index contributed by atoms with van der Waals surface area (Å²) in [4.78, 5) is 21.0. The van der Waals surface area contributed by atoms with Crippen molar-refractivity contribution < 1.29 is 27.5 Å². The number of carbonyl (C=O) groups is 1. The minimum absolute atomic E-state index is 0.0675. The van der Waals surface area contributed by atoms with Gasteiger partial charge in [0.05, 0.1) is 13.7 Å². The van der Waals surface area contributed by atoms with E-state index >= 15 is 0 Å². The van der Waals surface area contributed by atoms with Crippen molar-refractivity contribution in [3.8, 4) is 5.75 Å². The predicted molar refractivity (Wildman–Crippen MR) is 62.1 cm³/mol. The van der Waals surface area contributed by atoms with Crippen molar-refractivity contribution in [3.63, 3.8) is 0 Å². The molecule has 1 rings (SSSR count). The Hall–Kier alpha value is -1.70. The van der Waals surface area contributed by atoms with Crippen LogP contribution in [-0.4, -0.2) is 34.2 Å². The summed E-state index contributed by atoms with van der Waals surface area (Å²) in [5, 5.41) is 1.32. The molecule has 0 radical (unpaired) electrons. The lowest BCUT2D eigenvalue weighted by atomic mass is 10.4. The van der Waals surface area contributed by atoms with Gasteiger partial charge in [0.1, 0.15) is 4.88 Å². The number of sulfonamides is 1. The fraction of sp³-hybridized carbons (Fsp3) is 0.333. The maximum atomic E-state index is 11.7. The number of thiophene rings is 1. The molecule has 0 aromatic carbocycles. The number of nitrogens with zero attached hydrogens (tertiary/aromatic N) is 1. The number of carbonyl (C=O) groups excluding carboxylic acids is 2. The lowest BCUT2D eigenvalue weighted by molar-refractivity contribution is 0.0527. The second-order valence-electron chi connectivity index (χ2n) is 2.84. The molecule has 0 N–H and O–H groups in total. The third-order valence-electron chi connectivity index (χ3n) is 1.81. The monoisotopic (exact) mass is 291 g/mol. The van der Waals surface area contributed by atoms with Crippen LogP contribution in [0.15, 0.2) is 14.7 Å². The van der Waals surface area contributed by atoms with Gasteiger partial charge in [0.2, 0.25) is 0 Å². The van der Waals surface area contributed by atoms with Crippen molar-refractivity contribution in [2.45, 2.75) is 11.8 Å². The summed E-state index contributed by atoms with van der Waals surface area (Å²) in [7, 11) is -3.08. The van der Waals surface area contributed by atoms with Crippen LogP contribution in [0.25, 0.3) is 0 Å². The van der Waals surface area contributed by atoms with Gasteiger partial charge in [-0.15, -0.1) is 11.3 Å². The smallest absolute Gasteiger partial charge is 0.349 e. The summed E-state index contributed by atoms with van der Waals surface area (Å²) >= 11 is 0.833. The van der Waals surface area contributed by atoms with Gasteiger partial charge < -0.3 is 9.47 Å². The number of rotatable bonds is 5. The molecule has 0 unspecified atom stereocenters. The molecular weight excluding hydrogens is 282 g/mol. The lowest BCUT2D eigenvalue weighted by Crippen LogP contribution is -2.08. The van der Waals surface area contributed by atoms with Gasteiger partial charge in [0.25, 0.3) is 16.1 Å². The number of hydrogen-bond donors (Lipinski definition) is 0. The first-order valence-electron chi connectivity index (χ1n) is 4.64. The van der Waals surface area contributed by atoms with Crippen LogP contribution in [0.1, 0.15) is 16.6 Å². The van der Waals surface area contributed by atoms with E-state index < -0.39 is 20.9 Å². The van der Waals surface area contributed by atoms with E-state index in [1.54, 1.807) is 6.92 Å². The summed E-state index contributed by atoms with van der Waals surface area (Å²) in [6.45, 7) is 1.68. The molecule has 0 fully saturated rings. The highest BCUT2D eigenvalue weighted by Gasteiger charge is 2.30. The molecule has 0 bridgehead atoms. The Morgan fingerprint density at radius 3 is 2.72 bits per heavy atom. The lowest BCUT2D eigenvalue weighted by Gasteiger charge is -2.03. The first-order valence-corrected chi connectivity index (χ1v) is 6.96. The molecule has 0 spiro atoms. The minimum Gasteiger partial charge on any atom is -0.494 e. The van der Waals surface area contributed by atoms with Gasteiger partial charge in [-0.2, -0.15) is 8.42 Å². The number of ether oxygens (including phenoxy) is 2. The molecule has 1 heterocycles. The minimum atomic E-state index is -4.32. The van der Waals surface area contributed by atoms with Crippen LogP contribution in [0.2, 0.25) is 0 Å². The highest BCUT2D eigenvalue weighted by molar-refractivity contribution is 7.90. The van der Waals surface area contributed by atoms with E-state index in [-0.39, 0.29) is 17.2 Å². The van der Waals surface area contributed by atoms with Crippen molar-refractivity contribution in [2.75, 3.05) is 13.7 Å². The molecule has 1 aromatic rings. The average Bonchev–Trinajstić information content (AvgIpc) is 2.73. The summed E-state index contributed by atoms with van der Waals surface area (Å²) in [5.41, 5.74) is 0. The SMILES string of the molecule is CCOC(=O)c1scc(OC)c1S(=O)(=O)N=C=O. The molecule has 0 aliphatic rings. The Balaban J connectivity index is 3.45. The van der Waals surface area contributed by atoms with E-state index in [0.717, 1.165) is 17.4 Å². The summed E-state index contributed by atoms with van der Waals surface area (Å²) in [5.74, 6) is -0.882. The van der Waals surface area contributed by atoms with E-state index in [0.29, 0.717) is 0 Å². The molecule has 7 nitrogen and oxygen atoms in total. The zero-order chi connectivity index (χ0) is 13.8. The third-order valence-corrected chi connectivity index (χ3v) is 4.11. The Morgan fingerprint density at radius 2 is 2.22 bits per heavy atom. The topological polar surface area (TPSA) is 99.1 Å². The Labute approximate surface area is 107 Å². The van der Waals surface area contributed by atoms with Gasteiger partial charge in [0.15, 0.2) is 10.6 Å². The maximum Gasteiger partial charge on any atom is 0.349 e. The summed E-state index contributed by atoms with van der Waals surface area (Å²) in [6, 6.07) is 0. The Bertz CT molecular complexity index is 597. The quantitative estimate of drug-likeness (QED) is 0.455. The normalized spacial score (nSPS) is 10.6. The molecule has 0 aliphatic carbocycles. The van der Waals surface area contributed by atoms with Crippen molar-refractivity contribution in [3.05, 3.63) is 10.3 Å². The van der Waals surface area contributed by atoms with Gasteiger partial charge >= 0.3 is 5.97 Å². The second-order valence-corrected chi connectivity index (χ2v) is 5.26. The molecule has 0 amide bonds. The van der Waals surface area contributed by atoms with E-state index in [1.165, 1.54) is 12.5 Å². The highest BCUT2D eigenvalue weighted by atomic mass is 32.2. The predicted octanol–water partition coefficient (Wildman–Crippen LogP) is 0.958. The Kier molecular flexibility index (Phi) is 4.60. The zero-order valence-electron chi connectivity index (χ0n) is 9.50. The van der Waals surface area contributed by atoms with Crippen LogP contribution < -0.4 is 4.74 Å². The van der Waals surface area contributed by atoms with Crippen LogP contribution in [0, 0.1) is 0 Å². The van der Waals surface area contributed by atoms with Crippen LogP contribution >= 0.6 is 11.3 Å². The molecule has 0 atom stereocenters. The van der Waals surface area contributed by atoms with Crippen molar-refractivity contribution in [1.29, 1.82) is 0 Å². The molecule has 98 valence electrons. The fourth-order valence-electron chi connectivity index (χ4n) is 1.15. The van der Waals surface area contributed by atoms with Crippen molar-refractivity contribution >= 4 is 33.4 Å². The first kappa shape index (κ1) is 14.4. The van der Waals surface area contributed by atoms with Gasteiger partial charge in [-0.05, 0) is 6.92 Å². The highest BCUT2D eigenvalue weighted by Crippen LogP contribution is 2.35. The van der Waals surface area contributed by atoms with Crippen molar-refractivity contribution in [2.24, 2.45) is 4.40 Å². The molecule has 1 aromatic heterocycles. The number of esters is 1. The largest absolute Gasteiger partial charge is 0.494 e. The summed E-state index contributed by atoms with van der Waals surface area (Å²) < 4.78 is 35.6. The van der Waals surface area contributed by atoms with Crippen molar-refractivity contribution in [1.82, 2.24) is 0 Å². The molecule has 0 saturated heterocycles. The van der Waals surface area contributed by atoms with E-state index in [1.807, 2.05) is 0 Å². The van der Waals surface area contributed by atoms with Crippen LogP contribution in [0.5, 0.6) is 5.75 Å². The molecule has 18 heavy (non-hydrogen) atoms. The second kappa shape index (κ2) is 5.76. The molecule has 9 heteroatoms. The van der Waals surface area contributed by atoms with Gasteiger partial charge in [-0.1, -0.05) is 4.40 Å². The summed E-state index contributed by atoms with van der Waals surface area (Å²) in [6.07, 6.45) is 0.930. The van der Waals surface area contributed by atoms with Crippen LogP contribution in [0.4, 0.5) is 0 Å². The average molecular weight is 291 g/mol. The van der Waals surface area contributed by atoms with Gasteiger partial charge in [-0.25, -0.2) is 9.59 Å². The number of hydrogen-bond acceptors (Lipinski definition) is 7. The van der Waals surface area contributed by atoms with Crippen LogP contribution in [-0.2, 0) is 19.6 Å². The first-order chi connectivity index (χ1) is 8.47. The standard InChI is InChI=1S/C9H9NO6S2/c1-3-16-9(12)7-8(6(15-2)4-17-7)18(13,14)10-5-11/h4H,3H2,1-2H3.